The Hall–Kier alpha value is -3.55. The third kappa shape index (κ3) is 15.6. The van der Waals surface area contributed by atoms with Crippen molar-refractivity contribution in [2.24, 2.45) is 40.7 Å². The summed E-state index contributed by atoms with van der Waals surface area (Å²) in [6.45, 7) is 17.9. The highest BCUT2D eigenvalue weighted by Crippen LogP contribution is 2.30. The van der Waals surface area contributed by atoms with Crippen LogP contribution in [0.2, 0.25) is 0 Å². The van der Waals surface area contributed by atoms with Crippen molar-refractivity contribution in [1.29, 1.82) is 0 Å². The van der Waals surface area contributed by atoms with Gasteiger partial charge in [-0.1, -0.05) is 100 Å². The highest BCUT2D eigenvalue weighted by Gasteiger charge is 2.38. The van der Waals surface area contributed by atoms with Crippen molar-refractivity contribution in [3.8, 4) is 0 Å². The zero-order valence-corrected chi connectivity index (χ0v) is 36.9. The van der Waals surface area contributed by atoms with E-state index < -0.39 is 54.4 Å². The number of hydrogen-bond acceptors (Lipinski definition) is 11. The third-order valence-corrected chi connectivity index (χ3v) is 11.5. The monoisotopic (exact) mass is 815 g/mol. The number of esters is 1. The maximum absolute atomic E-state index is 13.9. The maximum Gasteiger partial charge on any atom is 0.373 e. The second kappa shape index (κ2) is 25.8. The molecule has 0 aromatic heterocycles. The minimum absolute atomic E-state index is 0.0859. The van der Waals surface area contributed by atoms with E-state index >= 15 is 0 Å². The van der Waals surface area contributed by atoms with Gasteiger partial charge < -0.3 is 44.4 Å². The average Bonchev–Trinajstić information content (AvgIpc) is 3.20. The summed E-state index contributed by atoms with van der Waals surface area (Å²) in [5, 5.41) is 49.6. The van der Waals surface area contributed by atoms with Crippen LogP contribution in [0.5, 0.6) is 0 Å². The van der Waals surface area contributed by atoms with Gasteiger partial charge in [0, 0.05) is 49.8 Å². The second-order valence-electron chi connectivity index (χ2n) is 16.3. The molecule has 12 heteroatoms. The Bertz CT molecular complexity index is 1490. The number of amides is 1. The molecule has 0 saturated carbocycles. The molecule has 12 unspecified atom stereocenters. The number of oxime groups is 1. The molecule has 0 spiro atoms. The van der Waals surface area contributed by atoms with Crippen molar-refractivity contribution in [2.75, 3.05) is 33.9 Å². The van der Waals surface area contributed by atoms with Gasteiger partial charge in [0.05, 0.1) is 37.2 Å². The predicted octanol–water partition coefficient (Wildman–Crippen LogP) is 6.46. The summed E-state index contributed by atoms with van der Waals surface area (Å²) in [5.41, 5.74) is 1.97. The maximum atomic E-state index is 13.9. The van der Waals surface area contributed by atoms with Crippen molar-refractivity contribution in [1.82, 2.24) is 4.90 Å². The molecule has 0 aliphatic carbocycles. The van der Waals surface area contributed by atoms with Gasteiger partial charge >= 0.3 is 5.97 Å². The van der Waals surface area contributed by atoms with Crippen LogP contribution in [-0.4, -0.2) is 113 Å². The molecule has 0 bridgehead atoms. The van der Waals surface area contributed by atoms with Crippen LogP contribution in [0.1, 0.15) is 94.4 Å². The number of likely N-dealkylation sites (tertiary alicyclic amines) is 1. The number of rotatable bonds is 14. The number of carbonyl (C=O) groups is 2. The van der Waals surface area contributed by atoms with Crippen LogP contribution in [0.15, 0.2) is 76.7 Å². The van der Waals surface area contributed by atoms with E-state index in [0.29, 0.717) is 37.2 Å². The van der Waals surface area contributed by atoms with Gasteiger partial charge in [-0.3, -0.25) is 4.79 Å². The Balaban J connectivity index is 2.59. The smallest absolute Gasteiger partial charge is 0.373 e. The number of aliphatic hydroxyl groups excluding tert-OH is 4. The topological polar surface area (TPSA) is 168 Å². The first-order valence-corrected chi connectivity index (χ1v) is 21.0. The Morgan fingerprint density at radius 3 is 2.33 bits per heavy atom. The number of methoxy groups -OCH3 is 2. The fraction of sp³-hybridized carbons (Fsp3) is 0.674. The Kier molecular flexibility index (Phi) is 22.5. The standard InChI is InChI=1S/C46H74N2O10/c1-12-18-38(49)31(5)21-22-37(47-57-28-41(50)48-23-15-14-16-24-48)34(8)44(53)35(9)45-39(55-10)20-17-19-29(3)25-32(6)42(51)36(13-2)43(52)33(7)26-30(4)27-40(56-11)46(54)58-45/h12,17-22,26-27,31-36,38-39,42-45,49,51-53H,13-16,23-25,28H2,1-11H3. The summed E-state index contributed by atoms with van der Waals surface area (Å²) >= 11 is 0. The molecule has 0 aromatic rings. The molecule has 1 saturated heterocycles. The zero-order chi connectivity index (χ0) is 43.5. The number of ether oxygens (including phenoxy) is 3. The lowest BCUT2D eigenvalue weighted by Gasteiger charge is -2.34. The van der Waals surface area contributed by atoms with E-state index in [4.69, 9.17) is 19.0 Å². The van der Waals surface area contributed by atoms with E-state index in [1.165, 1.54) is 14.2 Å². The summed E-state index contributed by atoms with van der Waals surface area (Å²) in [7, 11) is 2.86. The van der Waals surface area contributed by atoms with Crippen molar-refractivity contribution >= 4 is 17.6 Å². The summed E-state index contributed by atoms with van der Waals surface area (Å²) in [6.07, 6.45) is 14.6. The highest BCUT2D eigenvalue weighted by atomic mass is 16.6. The van der Waals surface area contributed by atoms with Crippen LogP contribution in [0, 0.1) is 35.5 Å². The molecule has 0 radical (unpaired) electrons. The van der Waals surface area contributed by atoms with Gasteiger partial charge in [-0.15, -0.1) is 0 Å². The van der Waals surface area contributed by atoms with Gasteiger partial charge in [0.15, 0.2) is 6.61 Å². The van der Waals surface area contributed by atoms with Gasteiger partial charge in [-0.2, -0.15) is 0 Å². The third-order valence-electron chi connectivity index (χ3n) is 11.5. The number of cyclic esters (lactones) is 1. The van der Waals surface area contributed by atoms with Crippen LogP contribution >= 0.6 is 0 Å². The van der Waals surface area contributed by atoms with Crippen LogP contribution in [0.25, 0.3) is 0 Å². The quantitative estimate of drug-likeness (QED) is 0.0661. The summed E-state index contributed by atoms with van der Waals surface area (Å²) in [5.74, 6) is -3.62. The largest absolute Gasteiger partial charge is 0.490 e. The molecule has 0 aromatic carbocycles. The molecule has 12 nitrogen and oxygen atoms in total. The molecule has 2 aliphatic heterocycles. The number of carbonyl (C=O) groups excluding carboxylic acids is 2. The Labute approximate surface area is 348 Å². The molecule has 4 N–H and O–H groups in total. The molecular weight excluding hydrogens is 741 g/mol. The summed E-state index contributed by atoms with van der Waals surface area (Å²) in [4.78, 5) is 34.1. The molecule has 2 heterocycles. The van der Waals surface area contributed by atoms with Gasteiger partial charge in [0.1, 0.15) is 12.2 Å². The van der Waals surface area contributed by atoms with Crippen molar-refractivity contribution in [3.63, 3.8) is 0 Å². The lowest BCUT2D eigenvalue weighted by atomic mass is 9.79. The number of piperidine rings is 1. The molecule has 2 aliphatic rings. The average molecular weight is 815 g/mol. The van der Waals surface area contributed by atoms with Crippen molar-refractivity contribution in [2.45, 2.75) is 131 Å². The van der Waals surface area contributed by atoms with Crippen LogP contribution in [0.4, 0.5) is 0 Å². The number of hydrogen-bond donors (Lipinski definition) is 4. The molecular formula is C46H74N2O10. The first-order valence-electron chi connectivity index (χ1n) is 21.0. The number of aliphatic hydroxyl groups is 4. The summed E-state index contributed by atoms with van der Waals surface area (Å²) in [6, 6.07) is 0. The van der Waals surface area contributed by atoms with Gasteiger partial charge in [-0.25, -0.2) is 4.79 Å². The van der Waals surface area contributed by atoms with Gasteiger partial charge in [0.2, 0.25) is 5.76 Å². The zero-order valence-electron chi connectivity index (χ0n) is 36.9. The number of allylic oxidation sites excluding steroid dienone is 7. The van der Waals surface area contributed by atoms with E-state index in [1.54, 1.807) is 62.1 Å². The summed E-state index contributed by atoms with van der Waals surface area (Å²) < 4.78 is 17.6. The van der Waals surface area contributed by atoms with Crippen LogP contribution in [0.3, 0.4) is 0 Å². The predicted molar refractivity (Wildman–Crippen MR) is 228 cm³/mol. The van der Waals surface area contributed by atoms with E-state index in [0.717, 1.165) is 24.8 Å². The van der Waals surface area contributed by atoms with Gasteiger partial charge in [0.25, 0.3) is 5.91 Å². The highest BCUT2D eigenvalue weighted by molar-refractivity contribution is 5.96. The van der Waals surface area contributed by atoms with Crippen molar-refractivity contribution in [3.05, 3.63) is 71.6 Å². The Morgan fingerprint density at radius 2 is 1.72 bits per heavy atom. The molecule has 58 heavy (non-hydrogen) atoms. The lowest BCUT2D eigenvalue weighted by molar-refractivity contribution is -0.161. The normalized spacial score (nSPS) is 29.0. The van der Waals surface area contributed by atoms with E-state index in [-0.39, 0.29) is 41.9 Å². The molecule has 12 atom stereocenters. The first kappa shape index (κ1) is 50.6. The fourth-order valence-electron chi connectivity index (χ4n) is 7.69. The number of nitrogens with zero attached hydrogens (tertiary/aromatic N) is 2. The molecule has 2 rings (SSSR count). The molecule has 1 fully saturated rings. The fourth-order valence-corrected chi connectivity index (χ4v) is 7.69. The van der Waals surface area contributed by atoms with Crippen LogP contribution < -0.4 is 0 Å². The van der Waals surface area contributed by atoms with E-state index in [2.05, 4.69) is 5.16 Å². The molecule has 328 valence electrons. The lowest BCUT2D eigenvalue weighted by Crippen LogP contribution is -2.45. The first-order chi connectivity index (χ1) is 27.5. The SMILES string of the molecule is CC=CC(O)C(C)C=CC(=NOCC(=O)N1CCCCC1)C(C)C(O)C(C)C1OC(=O)C(OC)=CC(C)=CC(C)C(O)C(CC)C(O)C(C)CC(C)=CC=CC1OC. The second-order valence-corrected chi connectivity index (χ2v) is 16.3. The minimum atomic E-state index is -1.17. The minimum Gasteiger partial charge on any atom is -0.490 e. The van der Waals surface area contributed by atoms with E-state index in [9.17, 15) is 30.0 Å². The molecule has 1 amide bonds. The van der Waals surface area contributed by atoms with Crippen LogP contribution in [-0.2, 0) is 28.6 Å². The van der Waals surface area contributed by atoms with Crippen molar-refractivity contribution < 1.29 is 49.1 Å². The Morgan fingerprint density at radius 1 is 1.05 bits per heavy atom. The van der Waals surface area contributed by atoms with E-state index in [1.807, 2.05) is 59.8 Å². The van der Waals surface area contributed by atoms with Gasteiger partial charge in [-0.05, 0) is 70.9 Å².